The Balaban J connectivity index is 1.93. The zero-order valence-corrected chi connectivity index (χ0v) is 10.3. The minimum atomic E-state index is -4.44. The van der Waals surface area contributed by atoms with Gasteiger partial charge in [-0.05, 0) is 12.1 Å². The van der Waals surface area contributed by atoms with Crippen molar-refractivity contribution in [3.63, 3.8) is 0 Å². The van der Waals surface area contributed by atoms with Gasteiger partial charge >= 0.3 is 6.18 Å². The van der Waals surface area contributed by atoms with Crippen LogP contribution in [-0.2, 0) is 6.54 Å². The standard InChI is InChI=1S/C12H7F3N4O2/c13-12(14,15)6-18-5-7(4-17-18)19-10(20)8-2-1-3-16-9(8)11(19)21/h1-5H,6H2. The normalized spacial score (nSPS) is 14.7. The van der Waals surface area contributed by atoms with E-state index in [-0.39, 0.29) is 16.9 Å². The minimum absolute atomic E-state index is 0.0211. The maximum Gasteiger partial charge on any atom is 0.408 e. The van der Waals surface area contributed by atoms with Gasteiger partial charge in [-0.1, -0.05) is 0 Å². The summed E-state index contributed by atoms with van der Waals surface area (Å²) in [7, 11) is 0. The molecule has 0 N–H and O–H groups in total. The quantitative estimate of drug-likeness (QED) is 0.790. The van der Waals surface area contributed by atoms with E-state index in [1.807, 2.05) is 0 Å². The number of carbonyl (C=O) groups is 2. The number of alkyl halides is 3. The van der Waals surface area contributed by atoms with Crippen LogP contribution in [-0.4, -0.2) is 32.8 Å². The van der Waals surface area contributed by atoms with Gasteiger partial charge in [-0.25, -0.2) is 4.90 Å². The molecule has 3 rings (SSSR count). The number of pyridine rings is 1. The lowest BCUT2D eigenvalue weighted by molar-refractivity contribution is -0.142. The summed E-state index contributed by atoms with van der Waals surface area (Å²) in [5.74, 6) is -1.31. The molecule has 2 aromatic heterocycles. The predicted molar refractivity (Wildman–Crippen MR) is 63.7 cm³/mol. The first-order valence-corrected chi connectivity index (χ1v) is 5.80. The molecule has 2 amide bonds. The Kier molecular flexibility index (Phi) is 2.78. The van der Waals surface area contributed by atoms with E-state index >= 15 is 0 Å². The van der Waals surface area contributed by atoms with Gasteiger partial charge in [0.25, 0.3) is 11.8 Å². The molecule has 108 valence electrons. The van der Waals surface area contributed by atoms with Crippen molar-refractivity contribution in [3.8, 4) is 0 Å². The average Bonchev–Trinajstić information content (AvgIpc) is 2.93. The van der Waals surface area contributed by atoms with Crippen LogP contribution >= 0.6 is 0 Å². The number of amides is 2. The van der Waals surface area contributed by atoms with Gasteiger partial charge in [-0.3, -0.25) is 19.3 Å². The first-order valence-electron chi connectivity index (χ1n) is 5.80. The number of aromatic nitrogens is 3. The molecule has 6 nitrogen and oxygen atoms in total. The van der Waals surface area contributed by atoms with Gasteiger partial charge in [-0.2, -0.15) is 18.3 Å². The van der Waals surface area contributed by atoms with Crippen molar-refractivity contribution in [2.24, 2.45) is 0 Å². The fraction of sp³-hybridized carbons (Fsp3) is 0.167. The molecule has 0 atom stereocenters. The van der Waals surface area contributed by atoms with Crippen molar-refractivity contribution < 1.29 is 22.8 Å². The molecule has 0 bridgehead atoms. The van der Waals surface area contributed by atoms with E-state index in [0.717, 1.165) is 17.3 Å². The summed E-state index contributed by atoms with van der Waals surface area (Å²) in [5.41, 5.74) is 0.0735. The van der Waals surface area contributed by atoms with E-state index in [0.29, 0.717) is 4.68 Å². The monoisotopic (exact) mass is 296 g/mol. The molecule has 0 aliphatic carbocycles. The Morgan fingerprint density at radius 2 is 1.95 bits per heavy atom. The molecule has 9 heteroatoms. The molecule has 0 saturated carbocycles. The highest BCUT2D eigenvalue weighted by Crippen LogP contribution is 2.27. The molecule has 0 radical (unpaired) electrons. The number of hydrogen-bond acceptors (Lipinski definition) is 4. The van der Waals surface area contributed by atoms with Crippen molar-refractivity contribution in [1.29, 1.82) is 0 Å². The highest BCUT2D eigenvalue weighted by Gasteiger charge is 2.38. The molecular formula is C12H7F3N4O2. The fourth-order valence-electron chi connectivity index (χ4n) is 2.04. The van der Waals surface area contributed by atoms with Crippen LogP contribution in [0.15, 0.2) is 30.7 Å². The van der Waals surface area contributed by atoms with Crippen molar-refractivity contribution in [1.82, 2.24) is 14.8 Å². The first-order chi connectivity index (χ1) is 9.87. The van der Waals surface area contributed by atoms with Crippen molar-refractivity contribution in [3.05, 3.63) is 42.0 Å². The number of fused-ring (bicyclic) bond motifs is 1. The maximum absolute atomic E-state index is 12.3. The Morgan fingerprint density at radius 3 is 2.62 bits per heavy atom. The van der Waals surface area contributed by atoms with Crippen molar-refractivity contribution >= 4 is 17.5 Å². The highest BCUT2D eigenvalue weighted by molar-refractivity contribution is 6.33. The summed E-state index contributed by atoms with van der Waals surface area (Å²) in [6, 6.07) is 2.93. The van der Waals surface area contributed by atoms with Gasteiger partial charge in [0.05, 0.1) is 17.4 Å². The van der Waals surface area contributed by atoms with Gasteiger partial charge in [-0.15, -0.1) is 0 Å². The largest absolute Gasteiger partial charge is 0.408 e. The number of carbonyl (C=O) groups excluding carboxylic acids is 2. The maximum atomic E-state index is 12.3. The Morgan fingerprint density at radius 1 is 1.19 bits per heavy atom. The van der Waals surface area contributed by atoms with Gasteiger partial charge in [0.1, 0.15) is 12.2 Å². The molecular weight excluding hydrogens is 289 g/mol. The molecule has 3 heterocycles. The second-order valence-corrected chi connectivity index (χ2v) is 4.36. The van der Waals surface area contributed by atoms with Crippen LogP contribution < -0.4 is 4.90 Å². The molecule has 0 fully saturated rings. The van der Waals surface area contributed by atoms with Gasteiger partial charge in [0.15, 0.2) is 0 Å². The minimum Gasteiger partial charge on any atom is -0.268 e. The first kappa shape index (κ1) is 13.3. The number of anilines is 1. The van der Waals surface area contributed by atoms with E-state index in [1.165, 1.54) is 18.3 Å². The number of halogens is 3. The summed E-state index contributed by atoms with van der Waals surface area (Å²) >= 11 is 0. The summed E-state index contributed by atoms with van der Waals surface area (Å²) in [6.45, 7) is -1.30. The summed E-state index contributed by atoms with van der Waals surface area (Å²) < 4.78 is 37.5. The van der Waals surface area contributed by atoms with Gasteiger partial charge in [0, 0.05) is 12.4 Å². The van der Waals surface area contributed by atoms with Crippen LogP contribution in [0.4, 0.5) is 18.9 Å². The zero-order chi connectivity index (χ0) is 15.2. The molecule has 1 aliphatic rings. The van der Waals surface area contributed by atoms with E-state index in [4.69, 9.17) is 0 Å². The molecule has 21 heavy (non-hydrogen) atoms. The SMILES string of the molecule is O=C1c2cccnc2C(=O)N1c1cnn(CC(F)(F)F)c1. The predicted octanol–water partition coefficient (Wildman–Crippen LogP) is 1.64. The lowest BCUT2D eigenvalue weighted by atomic mass is 10.2. The fourth-order valence-corrected chi connectivity index (χ4v) is 2.04. The lowest BCUT2D eigenvalue weighted by Gasteiger charge is -2.10. The molecule has 2 aromatic rings. The van der Waals surface area contributed by atoms with E-state index in [2.05, 4.69) is 10.1 Å². The number of rotatable bonds is 2. The second-order valence-electron chi connectivity index (χ2n) is 4.36. The average molecular weight is 296 g/mol. The Labute approximate surface area is 115 Å². The van der Waals surface area contributed by atoms with E-state index in [1.54, 1.807) is 0 Å². The lowest BCUT2D eigenvalue weighted by Crippen LogP contribution is -2.29. The van der Waals surface area contributed by atoms with Crippen LogP contribution in [0, 0.1) is 0 Å². The number of hydrogen-bond donors (Lipinski definition) is 0. The van der Waals surface area contributed by atoms with Gasteiger partial charge < -0.3 is 0 Å². The third-order valence-corrected chi connectivity index (χ3v) is 2.87. The molecule has 0 saturated heterocycles. The second kappa shape index (κ2) is 4.40. The highest BCUT2D eigenvalue weighted by atomic mass is 19.4. The van der Waals surface area contributed by atoms with Crippen molar-refractivity contribution in [2.75, 3.05) is 4.90 Å². The van der Waals surface area contributed by atoms with Crippen LogP contribution in [0.25, 0.3) is 0 Å². The summed E-state index contributed by atoms with van der Waals surface area (Å²) in [5, 5.41) is 3.51. The Bertz CT molecular complexity index is 703. The van der Waals surface area contributed by atoms with Gasteiger partial charge in [0.2, 0.25) is 0 Å². The molecule has 0 spiro atoms. The molecule has 0 aromatic carbocycles. The molecule has 0 unspecified atom stereocenters. The zero-order valence-electron chi connectivity index (χ0n) is 10.3. The van der Waals surface area contributed by atoms with Crippen LogP contribution in [0.2, 0.25) is 0 Å². The van der Waals surface area contributed by atoms with Crippen LogP contribution in [0.5, 0.6) is 0 Å². The third kappa shape index (κ3) is 2.26. The summed E-state index contributed by atoms with van der Waals surface area (Å²) in [6.07, 6.45) is -1.05. The number of nitrogens with zero attached hydrogens (tertiary/aromatic N) is 4. The van der Waals surface area contributed by atoms with Crippen LogP contribution in [0.1, 0.15) is 20.8 Å². The van der Waals surface area contributed by atoms with E-state index < -0.39 is 24.5 Å². The Hall–Kier alpha value is -2.71. The topological polar surface area (TPSA) is 68.1 Å². The van der Waals surface area contributed by atoms with E-state index in [9.17, 15) is 22.8 Å². The smallest absolute Gasteiger partial charge is 0.268 e. The third-order valence-electron chi connectivity index (χ3n) is 2.87. The molecule has 1 aliphatic heterocycles. The van der Waals surface area contributed by atoms with Crippen LogP contribution in [0.3, 0.4) is 0 Å². The number of imide groups is 1. The van der Waals surface area contributed by atoms with Crippen molar-refractivity contribution in [2.45, 2.75) is 12.7 Å². The summed E-state index contributed by atoms with van der Waals surface area (Å²) in [4.78, 5) is 28.8.